The molecule has 2 aromatic rings. The molecule has 22 heavy (non-hydrogen) atoms. The van der Waals surface area contributed by atoms with Crippen molar-refractivity contribution in [3.63, 3.8) is 0 Å². The molecule has 10 heteroatoms. The maximum atomic E-state index is 12.1. The fourth-order valence-corrected chi connectivity index (χ4v) is 2.71. The van der Waals surface area contributed by atoms with Crippen LogP contribution in [0.5, 0.6) is 0 Å². The monoisotopic (exact) mass is 308 g/mol. The van der Waals surface area contributed by atoms with Crippen LogP contribution in [0.4, 0.5) is 5.82 Å². The number of hydrogen-bond donors (Lipinski definition) is 3. The number of nitrogen functional groups attached to an aromatic ring is 1. The number of nitrogens with two attached hydrogens (primary N) is 1. The minimum Gasteiger partial charge on any atom is -0.394 e. The summed E-state index contributed by atoms with van der Waals surface area (Å²) in [6.45, 7) is 1.26. The van der Waals surface area contributed by atoms with Gasteiger partial charge in [0.05, 0.1) is 12.8 Å². The Bertz CT molecular complexity index is 717. The van der Waals surface area contributed by atoms with Gasteiger partial charge in [-0.1, -0.05) is 5.21 Å². The summed E-state index contributed by atoms with van der Waals surface area (Å²) in [5.74, 6) is 0.0842. The van der Waals surface area contributed by atoms with Crippen molar-refractivity contribution in [2.45, 2.75) is 30.9 Å². The van der Waals surface area contributed by atoms with Gasteiger partial charge in [0.2, 0.25) is 0 Å². The summed E-state index contributed by atoms with van der Waals surface area (Å²) < 4.78 is 8.27. The molecular weight excluding hydrogens is 292 g/mol. The molecule has 0 aliphatic carbocycles. The van der Waals surface area contributed by atoms with Crippen molar-refractivity contribution in [2.24, 2.45) is 0 Å². The molecule has 10 nitrogen and oxygen atoms in total. The van der Waals surface area contributed by atoms with E-state index in [0.717, 1.165) is 0 Å². The van der Waals surface area contributed by atoms with E-state index in [4.69, 9.17) is 10.5 Å². The molecule has 0 bridgehead atoms. The standard InChI is InChI=1S/C12H16N6O4/c1-12(18-5-3-14-16-18)9(20)7(6-19)22-10(12)17-4-2-8(13)15-11(17)21/h2-5,7,9-10,19-20H,6H2,1H3,(H2,13,15,21)/t7-,9-,10-,12-/m1/s1. The maximum Gasteiger partial charge on any atom is 0.351 e. The molecular formula is C12H16N6O4. The van der Waals surface area contributed by atoms with Gasteiger partial charge in [0.1, 0.15) is 23.6 Å². The summed E-state index contributed by atoms with van der Waals surface area (Å²) in [5.41, 5.74) is 3.72. The Balaban J connectivity index is 2.13. The summed E-state index contributed by atoms with van der Waals surface area (Å²) in [4.78, 5) is 15.7. The van der Waals surface area contributed by atoms with Crippen molar-refractivity contribution in [3.8, 4) is 0 Å². The van der Waals surface area contributed by atoms with E-state index in [0.29, 0.717) is 0 Å². The highest BCUT2D eigenvalue weighted by Gasteiger charge is 2.56. The van der Waals surface area contributed by atoms with Crippen molar-refractivity contribution in [2.75, 3.05) is 12.3 Å². The van der Waals surface area contributed by atoms with E-state index in [-0.39, 0.29) is 5.82 Å². The first-order chi connectivity index (χ1) is 10.5. The van der Waals surface area contributed by atoms with Gasteiger partial charge in [0.15, 0.2) is 6.23 Å². The van der Waals surface area contributed by atoms with E-state index in [1.54, 1.807) is 13.1 Å². The highest BCUT2D eigenvalue weighted by Crippen LogP contribution is 2.42. The van der Waals surface area contributed by atoms with E-state index in [9.17, 15) is 15.0 Å². The predicted octanol–water partition coefficient (Wildman–Crippen LogP) is -1.92. The molecule has 0 unspecified atom stereocenters. The van der Waals surface area contributed by atoms with Gasteiger partial charge in [-0.25, -0.2) is 9.48 Å². The molecule has 2 aromatic heterocycles. The molecule has 0 aromatic carbocycles. The molecule has 1 saturated heterocycles. The molecule has 1 fully saturated rings. The third-order valence-electron chi connectivity index (χ3n) is 3.95. The Hall–Kier alpha value is -2.30. The Morgan fingerprint density at radius 2 is 2.27 bits per heavy atom. The van der Waals surface area contributed by atoms with Gasteiger partial charge in [-0.15, -0.1) is 5.10 Å². The molecule has 118 valence electrons. The van der Waals surface area contributed by atoms with Gasteiger partial charge >= 0.3 is 5.69 Å². The van der Waals surface area contributed by atoms with Crippen LogP contribution in [0.15, 0.2) is 29.5 Å². The van der Waals surface area contributed by atoms with Gasteiger partial charge in [0.25, 0.3) is 0 Å². The second-order valence-electron chi connectivity index (χ2n) is 5.27. The van der Waals surface area contributed by atoms with Crippen LogP contribution < -0.4 is 11.4 Å². The van der Waals surface area contributed by atoms with E-state index in [1.807, 2.05) is 0 Å². The van der Waals surface area contributed by atoms with E-state index in [1.165, 1.54) is 27.7 Å². The van der Waals surface area contributed by atoms with Crippen molar-refractivity contribution >= 4 is 5.82 Å². The van der Waals surface area contributed by atoms with Gasteiger partial charge in [-0.2, -0.15) is 4.98 Å². The number of rotatable bonds is 3. The van der Waals surface area contributed by atoms with Crippen LogP contribution in [-0.2, 0) is 10.3 Å². The Morgan fingerprint density at radius 3 is 2.86 bits per heavy atom. The Kier molecular flexibility index (Phi) is 3.43. The predicted molar refractivity (Wildman–Crippen MR) is 73.6 cm³/mol. The fourth-order valence-electron chi connectivity index (χ4n) is 2.71. The second kappa shape index (κ2) is 5.16. The highest BCUT2D eigenvalue weighted by molar-refractivity contribution is 5.24. The van der Waals surface area contributed by atoms with E-state index < -0.39 is 36.3 Å². The lowest BCUT2D eigenvalue weighted by Crippen LogP contribution is -2.48. The third kappa shape index (κ3) is 2.00. The summed E-state index contributed by atoms with van der Waals surface area (Å²) in [6, 6.07) is 1.45. The van der Waals surface area contributed by atoms with Gasteiger partial charge in [-0.05, 0) is 13.0 Å². The lowest BCUT2D eigenvalue weighted by atomic mass is 9.92. The largest absolute Gasteiger partial charge is 0.394 e. The molecule has 3 heterocycles. The molecule has 3 rings (SSSR count). The van der Waals surface area contributed by atoms with Crippen molar-refractivity contribution in [1.82, 2.24) is 24.5 Å². The molecule has 0 saturated carbocycles. The van der Waals surface area contributed by atoms with Crippen LogP contribution >= 0.6 is 0 Å². The van der Waals surface area contributed by atoms with Gasteiger partial charge in [0, 0.05) is 12.4 Å². The topological polar surface area (TPSA) is 141 Å². The molecule has 1 aliphatic heterocycles. The lowest BCUT2D eigenvalue weighted by molar-refractivity contribution is -0.0545. The van der Waals surface area contributed by atoms with Crippen LogP contribution in [0.3, 0.4) is 0 Å². The van der Waals surface area contributed by atoms with E-state index >= 15 is 0 Å². The lowest BCUT2D eigenvalue weighted by Gasteiger charge is -2.32. The summed E-state index contributed by atoms with van der Waals surface area (Å²) in [7, 11) is 0. The number of ether oxygens (including phenoxy) is 1. The summed E-state index contributed by atoms with van der Waals surface area (Å²) in [6.07, 6.45) is 1.52. The minimum atomic E-state index is -1.15. The SMILES string of the molecule is C[C@@]1(n2ccnn2)[C@H](O)[C@@H](CO)O[C@H]1n1ccc(N)nc1=O. The van der Waals surface area contributed by atoms with Crippen molar-refractivity contribution < 1.29 is 14.9 Å². The highest BCUT2D eigenvalue weighted by atomic mass is 16.5. The van der Waals surface area contributed by atoms with Crippen LogP contribution in [0.25, 0.3) is 0 Å². The fraction of sp³-hybridized carbons (Fsp3) is 0.500. The van der Waals surface area contributed by atoms with Gasteiger partial charge in [-0.3, -0.25) is 4.57 Å². The zero-order valence-corrected chi connectivity index (χ0v) is 11.8. The average Bonchev–Trinajstić information content (AvgIpc) is 3.10. The number of anilines is 1. The van der Waals surface area contributed by atoms with Gasteiger partial charge < -0.3 is 20.7 Å². The number of aliphatic hydroxyl groups is 2. The van der Waals surface area contributed by atoms with Crippen LogP contribution in [0.1, 0.15) is 13.2 Å². The Morgan fingerprint density at radius 1 is 1.50 bits per heavy atom. The number of aromatic nitrogens is 5. The summed E-state index contributed by atoms with van der Waals surface area (Å²) in [5, 5.41) is 27.5. The normalized spacial score (nSPS) is 31.5. The van der Waals surface area contributed by atoms with Crippen molar-refractivity contribution in [1.29, 1.82) is 0 Å². The Labute approximate surface area is 124 Å². The zero-order chi connectivity index (χ0) is 15.9. The molecule has 4 atom stereocenters. The minimum absolute atomic E-state index is 0.0842. The molecule has 4 N–H and O–H groups in total. The van der Waals surface area contributed by atoms with Crippen molar-refractivity contribution in [3.05, 3.63) is 35.1 Å². The number of hydrogen-bond acceptors (Lipinski definition) is 8. The van der Waals surface area contributed by atoms with E-state index in [2.05, 4.69) is 15.3 Å². The molecule has 0 radical (unpaired) electrons. The first kappa shape index (κ1) is 14.6. The maximum absolute atomic E-state index is 12.1. The third-order valence-corrected chi connectivity index (χ3v) is 3.95. The number of aliphatic hydroxyl groups excluding tert-OH is 2. The second-order valence-corrected chi connectivity index (χ2v) is 5.27. The first-order valence-electron chi connectivity index (χ1n) is 6.64. The summed E-state index contributed by atoms with van der Waals surface area (Å²) >= 11 is 0. The average molecular weight is 308 g/mol. The van der Waals surface area contributed by atoms with Crippen LogP contribution in [0, 0.1) is 0 Å². The first-order valence-corrected chi connectivity index (χ1v) is 6.64. The molecule has 0 spiro atoms. The molecule has 0 amide bonds. The quantitative estimate of drug-likeness (QED) is 0.596. The zero-order valence-electron chi connectivity index (χ0n) is 11.8. The van der Waals surface area contributed by atoms with Crippen LogP contribution in [-0.4, -0.2) is 53.6 Å². The van der Waals surface area contributed by atoms with Crippen LogP contribution in [0.2, 0.25) is 0 Å². The smallest absolute Gasteiger partial charge is 0.351 e. The molecule has 1 aliphatic rings. The number of nitrogens with zero attached hydrogens (tertiary/aromatic N) is 5.